The van der Waals surface area contributed by atoms with Gasteiger partial charge in [-0.05, 0) is 39.5 Å². The number of hydrogen-bond donors (Lipinski definition) is 1. The Morgan fingerprint density at radius 3 is 2.67 bits per heavy atom. The fraction of sp³-hybridized carbons (Fsp3) is 0.667. The third kappa shape index (κ3) is 8.04. The van der Waals surface area contributed by atoms with Gasteiger partial charge in [-0.25, -0.2) is 0 Å². The number of hydrogen-bond acceptors (Lipinski definition) is 1. The minimum atomic E-state index is 0.0259. The SMILES string of the molecule is CCCCCNC(=O)C=C(C)I. The molecule has 1 N–H and O–H groups in total. The highest BCUT2D eigenvalue weighted by Crippen LogP contribution is 2.01. The van der Waals surface area contributed by atoms with Gasteiger partial charge in [0.05, 0.1) is 0 Å². The first-order valence-corrected chi connectivity index (χ1v) is 5.36. The van der Waals surface area contributed by atoms with Crippen molar-refractivity contribution in [2.75, 3.05) is 6.54 Å². The van der Waals surface area contributed by atoms with Crippen LogP contribution in [0.5, 0.6) is 0 Å². The normalized spacial score (nSPS) is 11.4. The highest BCUT2D eigenvalue weighted by atomic mass is 127. The molecule has 0 radical (unpaired) electrons. The van der Waals surface area contributed by atoms with Gasteiger partial charge in [0.2, 0.25) is 5.91 Å². The van der Waals surface area contributed by atoms with Crippen molar-refractivity contribution in [3.63, 3.8) is 0 Å². The van der Waals surface area contributed by atoms with Crippen molar-refractivity contribution in [3.05, 3.63) is 9.66 Å². The number of amides is 1. The van der Waals surface area contributed by atoms with Crippen molar-refractivity contribution >= 4 is 28.5 Å². The fourth-order valence-corrected chi connectivity index (χ4v) is 1.10. The van der Waals surface area contributed by atoms with Crippen molar-refractivity contribution in [2.45, 2.75) is 33.1 Å². The van der Waals surface area contributed by atoms with Gasteiger partial charge in [-0.3, -0.25) is 4.79 Å². The van der Waals surface area contributed by atoms with Crippen LogP contribution < -0.4 is 5.32 Å². The van der Waals surface area contributed by atoms with Crippen LogP contribution in [0, 0.1) is 0 Å². The molecule has 0 fully saturated rings. The van der Waals surface area contributed by atoms with Gasteiger partial charge in [-0.2, -0.15) is 0 Å². The van der Waals surface area contributed by atoms with Gasteiger partial charge in [-0.1, -0.05) is 19.8 Å². The lowest BCUT2D eigenvalue weighted by Gasteiger charge is -2.00. The van der Waals surface area contributed by atoms with E-state index < -0.39 is 0 Å². The molecular weight excluding hydrogens is 265 g/mol. The summed E-state index contributed by atoms with van der Waals surface area (Å²) in [7, 11) is 0. The van der Waals surface area contributed by atoms with Crippen molar-refractivity contribution < 1.29 is 4.79 Å². The van der Waals surface area contributed by atoms with Crippen molar-refractivity contribution in [3.8, 4) is 0 Å². The molecule has 0 aliphatic rings. The van der Waals surface area contributed by atoms with Gasteiger partial charge in [0, 0.05) is 12.6 Å². The first-order valence-electron chi connectivity index (χ1n) is 4.28. The molecule has 0 aromatic carbocycles. The molecule has 0 aliphatic carbocycles. The summed E-state index contributed by atoms with van der Waals surface area (Å²) < 4.78 is 1.01. The quantitative estimate of drug-likeness (QED) is 0.468. The molecule has 0 bridgehead atoms. The van der Waals surface area contributed by atoms with Crippen LogP contribution in [0.25, 0.3) is 0 Å². The molecule has 3 heteroatoms. The van der Waals surface area contributed by atoms with Gasteiger partial charge >= 0.3 is 0 Å². The fourth-order valence-electron chi connectivity index (χ4n) is 0.818. The zero-order valence-electron chi connectivity index (χ0n) is 7.69. The Kier molecular flexibility index (Phi) is 7.54. The molecule has 70 valence electrons. The van der Waals surface area contributed by atoms with Crippen molar-refractivity contribution in [1.82, 2.24) is 5.32 Å². The summed E-state index contributed by atoms with van der Waals surface area (Å²) in [6, 6.07) is 0. The molecule has 0 saturated carbocycles. The van der Waals surface area contributed by atoms with Crippen LogP contribution >= 0.6 is 22.6 Å². The second kappa shape index (κ2) is 7.58. The molecule has 0 atom stereocenters. The Hall–Kier alpha value is -0.0600. The summed E-state index contributed by atoms with van der Waals surface area (Å²) in [5.74, 6) is 0.0259. The maximum atomic E-state index is 11.0. The number of carbonyl (C=O) groups is 1. The number of nitrogens with one attached hydrogen (secondary N) is 1. The Morgan fingerprint density at radius 1 is 1.50 bits per heavy atom. The van der Waals surface area contributed by atoms with Crippen LogP contribution in [0.2, 0.25) is 0 Å². The summed E-state index contributed by atoms with van der Waals surface area (Å²) >= 11 is 2.13. The van der Waals surface area contributed by atoms with Gasteiger partial charge < -0.3 is 5.32 Å². The molecule has 0 rings (SSSR count). The van der Waals surface area contributed by atoms with Gasteiger partial charge in [0.15, 0.2) is 0 Å². The summed E-state index contributed by atoms with van der Waals surface area (Å²) in [5, 5.41) is 2.83. The Morgan fingerprint density at radius 2 is 2.17 bits per heavy atom. The standard InChI is InChI=1S/C9H16INO/c1-3-4-5-6-11-9(12)7-8(2)10/h7H,3-6H2,1-2H3,(H,11,12). The number of allylic oxidation sites excluding steroid dienone is 1. The predicted octanol–water partition coefficient (Wildman–Crippen LogP) is 2.63. The average molecular weight is 281 g/mol. The predicted molar refractivity (Wildman–Crippen MR) is 60.3 cm³/mol. The minimum Gasteiger partial charge on any atom is -0.353 e. The second-order valence-electron chi connectivity index (χ2n) is 2.73. The van der Waals surface area contributed by atoms with Crippen LogP contribution in [0.1, 0.15) is 33.1 Å². The summed E-state index contributed by atoms with van der Waals surface area (Å²) in [4.78, 5) is 11.0. The van der Waals surface area contributed by atoms with E-state index in [0.29, 0.717) is 0 Å². The van der Waals surface area contributed by atoms with E-state index >= 15 is 0 Å². The molecule has 12 heavy (non-hydrogen) atoms. The van der Waals surface area contributed by atoms with E-state index in [0.717, 1.165) is 16.5 Å². The highest BCUT2D eigenvalue weighted by molar-refractivity contribution is 14.1. The lowest BCUT2D eigenvalue weighted by molar-refractivity contribution is -0.116. The lowest BCUT2D eigenvalue weighted by Crippen LogP contribution is -2.22. The topological polar surface area (TPSA) is 29.1 Å². The molecular formula is C9H16INO. The van der Waals surface area contributed by atoms with E-state index in [1.54, 1.807) is 6.08 Å². The third-order valence-electron chi connectivity index (χ3n) is 1.41. The zero-order valence-corrected chi connectivity index (χ0v) is 9.85. The minimum absolute atomic E-state index is 0.0259. The molecule has 0 unspecified atom stereocenters. The van der Waals surface area contributed by atoms with E-state index in [9.17, 15) is 4.79 Å². The van der Waals surface area contributed by atoms with Crippen molar-refractivity contribution in [2.24, 2.45) is 0 Å². The van der Waals surface area contributed by atoms with E-state index in [4.69, 9.17) is 0 Å². The van der Waals surface area contributed by atoms with Gasteiger partial charge in [-0.15, -0.1) is 0 Å². The monoisotopic (exact) mass is 281 g/mol. The van der Waals surface area contributed by atoms with Crippen molar-refractivity contribution in [1.29, 1.82) is 0 Å². The second-order valence-corrected chi connectivity index (χ2v) is 4.43. The van der Waals surface area contributed by atoms with E-state index in [2.05, 4.69) is 34.8 Å². The van der Waals surface area contributed by atoms with Crippen LogP contribution in [-0.4, -0.2) is 12.5 Å². The zero-order chi connectivity index (χ0) is 9.40. The Balaban J connectivity index is 3.39. The van der Waals surface area contributed by atoms with Gasteiger partial charge in [0.1, 0.15) is 0 Å². The van der Waals surface area contributed by atoms with Crippen LogP contribution in [0.3, 0.4) is 0 Å². The third-order valence-corrected chi connectivity index (χ3v) is 1.72. The molecule has 0 aromatic heterocycles. The molecule has 0 heterocycles. The van der Waals surface area contributed by atoms with E-state index in [-0.39, 0.29) is 5.91 Å². The smallest absolute Gasteiger partial charge is 0.244 e. The largest absolute Gasteiger partial charge is 0.353 e. The molecule has 1 amide bonds. The van der Waals surface area contributed by atoms with Gasteiger partial charge in [0.25, 0.3) is 0 Å². The maximum absolute atomic E-state index is 11.0. The summed E-state index contributed by atoms with van der Waals surface area (Å²) in [6.45, 7) is 4.86. The first kappa shape index (κ1) is 11.9. The van der Waals surface area contributed by atoms with Crippen LogP contribution in [-0.2, 0) is 4.79 Å². The summed E-state index contributed by atoms with van der Waals surface area (Å²) in [5.41, 5.74) is 0. The number of halogens is 1. The number of rotatable bonds is 5. The summed E-state index contributed by atoms with van der Waals surface area (Å²) in [6.07, 6.45) is 5.08. The van der Waals surface area contributed by atoms with E-state index in [1.807, 2.05) is 6.92 Å². The molecule has 0 spiro atoms. The molecule has 0 aromatic rings. The van der Waals surface area contributed by atoms with Crippen LogP contribution in [0.15, 0.2) is 9.66 Å². The molecule has 2 nitrogen and oxygen atoms in total. The first-order chi connectivity index (χ1) is 5.66. The maximum Gasteiger partial charge on any atom is 0.244 e. The Bertz CT molecular complexity index is 162. The van der Waals surface area contributed by atoms with Crippen LogP contribution in [0.4, 0.5) is 0 Å². The Labute approximate surface area is 87.9 Å². The average Bonchev–Trinajstić information content (AvgIpc) is 1.97. The molecule has 0 saturated heterocycles. The highest BCUT2D eigenvalue weighted by Gasteiger charge is 1.94. The van der Waals surface area contributed by atoms with E-state index in [1.165, 1.54) is 12.8 Å². The number of carbonyl (C=O) groups excluding carboxylic acids is 1. The molecule has 0 aliphatic heterocycles. The lowest BCUT2D eigenvalue weighted by atomic mass is 10.2. The number of unbranched alkanes of at least 4 members (excludes halogenated alkanes) is 2.